The Morgan fingerprint density at radius 1 is 0.557 bits per heavy atom. The Morgan fingerprint density at radius 3 is 1.36 bits per heavy atom. The molecular weight excluding hydrogens is 971 g/mol. The quantitative estimate of drug-likeness (QED) is 0.0297. The van der Waals surface area contributed by atoms with E-state index in [0.717, 1.165) is 50.2 Å². The van der Waals surface area contributed by atoms with E-state index in [4.69, 9.17) is 0 Å². The monoisotopic (exact) mass is 1030 g/mol. The number of nitrogens with one attached hydrogen (secondary N) is 3. The highest BCUT2D eigenvalue weighted by atomic mass is 32.2. The first kappa shape index (κ1) is 54.9. The second-order valence-electron chi connectivity index (χ2n) is 19.7. The number of hydrogen-bond acceptors (Lipinski definition) is 18. The van der Waals surface area contributed by atoms with Gasteiger partial charge < -0.3 is 70.8 Å². The third-order valence-electron chi connectivity index (χ3n) is 14.0. The number of β-amino-alcohol motifs (C(OH)–C–C–N with tert-alkyl or cyclic N) is 5. The summed E-state index contributed by atoms with van der Waals surface area (Å²) in [6.45, 7) is -2.85. The highest BCUT2D eigenvalue weighted by molar-refractivity contribution is 7.86. The zero-order chi connectivity index (χ0) is 51.6. The Balaban J connectivity index is 1.13. The van der Waals surface area contributed by atoms with Crippen molar-refractivity contribution in [1.29, 1.82) is 0 Å². The van der Waals surface area contributed by atoms with E-state index in [1.54, 1.807) is 7.85 Å². The first-order valence-corrected chi connectivity index (χ1v) is 26.5. The van der Waals surface area contributed by atoms with Gasteiger partial charge >= 0.3 is 0 Å². The van der Waals surface area contributed by atoms with E-state index in [2.05, 4.69) is 16.0 Å². The molecule has 6 fully saturated rings. The van der Waals surface area contributed by atoms with Gasteiger partial charge in [0.15, 0.2) is 0 Å². The van der Waals surface area contributed by atoms with E-state index in [0.29, 0.717) is 19.1 Å². The van der Waals surface area contributed by atoms with E-state index in [1.807, 2.05) is 0 Å². The van der Waals surface area contributed by atoms with E-state index in [-0.39, 0.29) is 45.2 Å². The first-order chi connectivity index (χ1) is 32.7. The van der Waals surface area contributed by atoms with Gasteiger partial charge in [0.1, 0.15) is 56.1 Å². The number of likely N-dealkylation sites (tertiary alicyclic amines) is 5. The normalized spacial score (nSPS) is 31.3. The van der Waals surface area contributed by atoms with Crippen molar-refractivity contribution in [2.75, 3.05) is 50.8 Å². The molecule has 10 N–H and O–H groups in total. The zero-order valence-corrected chi connectivity index (χ0v) is 40.2. The molecule has 392 valence electrons. The summed E-state index contributed by atoms with van der Waals surface area (Å²) in [5, 5.41) is 60.0. The summed E-state index contributed by atoms with van der Waals surface area (Å²) < 4.78 is 67.2. The highest BCUT2D eigenvalue weighted by Gasteiger charge is 2.53. The number of amides is 7. The maximum Gasteiger partial charge on any atom is 0.267 e. The van der Waals surface area contributed by atoms with Crippen LogP contribution in [0.4, 0.5) is 0 Å². The summed E-state index contributed by atoms with van der Waals surface area (Å²) in [5.74, 6) is -9.56. The largest absolute Gasteiger partial charge is 0.391 e. The van der Waals surface area contributed by atoms with Crippen molar-refractivity contribution in [3.8, 4) is 0 Å². The fraction of sp³-hybridized carbons (Fsp3) is 0.800. The van der Waals surface area contributed by atoms with Gasteiger partial charge in [0.2, 0.25) is 41.4 Å². The molecule has 0 aromatic carbocycles. The molecule has 0 bridgehead atoms. The number of aliphatic hydroxyl groups excluding tert-OH is 5. The molecule has 6 rings (SSSR count). The maximum atomic E-state index is 14.4. The number of aldehydes is 1. The average Bonchev–Trinajstić information content (AvgIpc) is 4.10. The molecule has 1 saturated carbocycles. The van der Waals surface area contributed by atoms with Crippen molar-refractivity contribution < 1.29 is 89.8 Å². The molecule has 5 saturated heterocycles. The molecule has 70 heavy (non-hydrogen) atoms. The molecule has 6 aliphatic rings. The fourth-order valence-corrected chi connectivity index (χ4v) is 12.0. The number of carbonyl (C=O) groups is 8. The van der Waals surface area contributed by atoms with Crippen molar-refractivity contribution in [3.63, 3.8) is 0 Å². The predicted octanol–water partition coefficient (Wildman–Crippen LogP) is -7.99. The lowest BCUT2D eigenvalue weighted by Crippen LogP contribution is -2.61. The first-order valence-electron chi connectivity index (χ1n) is 23.3. The van der Waals surface area contributed by atoms with Crippen molar-refractivity contribution in [3.05, 3.63) is 0 Å². The Morgan fingerprint density at radius 2 is 0.929 bits per heavy atom. The van der Waals surface area contributed by atoms with Gasteiger partial charge in [-0.25, -0.2) is 0 Å². The van der Waals surface area contributed by atoms with Crippen LogP contribution in [-0.2, 0) is 58.6 Å². The molecule has 12 unspecified atom stereocenters. The van der Waals surface area contributed by atoms with Crippen molar-refractivity contribution >= 4 is 75.7 Å². The lowest BCUT2D eigenvalue weighted by molar-refractivity contribution is -0.153. The van der Waals surface area contributed by atoms with Gasteiger partial charge in [0.05, 0.1) is 48.9 Å². The minimum atomic E-state index is -5.04. The second kappa shape index (κ2) is 22.2. The van der Waals surface area contributed by atoms with Crippen molar-refractivity contribution in [1.82, 2.24) is 40.4 Å². The lowest BCUT2D eigenvalue weighted by atomic mass is 9.71. The molecule has 0 aromatic heterocycles. The summed E-state index contributed by atoms with van der Waals surface area (Å²) >= 11 is 0. The molecular formula is C40H63BN8O19S2. The number of nitrogens with zero attached hydrogens (tertiary/aromatic N) is 5. The van der Waals surface area contributed by atoms with Crippen LogP contribution >= 0.6 is 0 Å². The topological polar surface area (TPSA) is 399 Å². The molecule has 7 amide bonds. The third kappa shape index (κ3) is 13.4. The van der Waals surface area contributed by atoms with Gasteiger partial charge in [-0.15, -0.1) is 0 Å². The summed E-state index contributed by atoms with van der Waals surface area (Å²) in [5.41, 5.74) is -0.793. The number of aliphatic hydroxyl groups is 5. The van der Waals surface area contributed by atoms with E-state index < -0.39 is 178 Å². The maximum absolute atomic E-state index is 14.4. The highest BCUT2D eigenvalue weighted by Crippen LogP contribution is 2.32. The number of carbonyl (C=O) groups excluding carboxylic acids is 8. The smallest absolute Gasteiger partial charge is 0.267 e. The summed E-state index contributed by atoms with van der Waals surface area (Å²) in [4.78, 5) is 114. The Labute approximate surface area is 404 Å². The SMILES string of the molecule is BC1(NC(CS(=O)(=O)O)C(=O)NC(CS(=O)(=O)O)C(=O)NCC(=O)N2CC(O)CC2C(=O)N2CC(O)CC2C(=O)N2CC(O)CC2C(=O)N2CC(O)CC2C(=O)N2CC(O)CC2C=O)CCCCCC1. The van der Waals surface area contributed by atoms with Crippen LogP contribution in [0.2, 0.25) is 0 Å². The third-order valence-corrected chi connectivity index (χ3v) is 15.5. The van der Waals surface area contributed by atoms with E-state index >= 15 is 0 Å². The van der Waals surface area contributed by atoms with Gasteiger partial charge in [0, 0.05) is 64.8 Å². The summed E-state index contributed by atoms with van der Waals surface area (Å²) in [6.07, 6.45) is -2.59. The minimum absolute atomic E-state index is 0.0225. The standard InChI is InChI=1S/C40H63BN8O19S2/c41-40(5-3-1-2-4-6-40)44-28(20-70(66,67)68)35(58)43-27(19-69(63,64)65)34(57)42-12-33(56)46-14-23(52)8-29(46)37(60)48-16-25(54)10-31(48)39(62)49-17-26(55)11-32(49)38(61)47-15-24(53)9-30(47)36(59)45-13-22(51)7-21(45)18-50/h18,21-32,44,51-55H,1-17,19-20,41H2,(H,42,57)(H,43,58)(H,63,64,65)(H,66,67,68). The average molecular weight is 1030 g/mol. The van der Waals surface area contributed by atoms with Crippen LogP contribution < -0.4 is 16.0 Å². The molecule has 30 heteroatoms. The number of rotatable bonds is 16. The van der Waals surface area contributed by atoms with Crippen LogP contribution in [0.3, 0.4) is 0 Å². The molecule has 0 spiro atoms. The van der Waals surface area contributed by atoms with Crippen molar-refractivity contribution in [2.45, 2.75) is 149 Å². The zero-order valence-electron chi connectivity index (χ0n) is 38.5. The molecule has 0 aromatic rings. The molecule has 0 radical (unpaired) electrons. The minimum Gasteiger partial charge on any atom is -0.391 e. The summed E-state index contributed by atoms with van der Waals surface area (Å²) in [7, 11) is -8.12. The van der Waals surface area contributed by atoms with Gasteiger partial charge in [-0.3, -0.25) is 42.7 Å². The number of hydrogen-bond donors (Lipinski definition) is 10. The van der Waals surface area contributed by atoms with Crippen LogP contribution in [0, 0.1) is 0 Å². The molecule has 27 nitrogen and oxygen atoms in total. The Hall–Kier alpha value is -4.40. The van der Waals surface area contributed by atoms with E-state index in [1.165, 1.54) is 0 Å². The van der Waals surface area contributed by atoms with Crippen LogP contribution in [0.1, 0.15) is 70.6 Å². The van der Waals surface area contributed by atoms with Crippen molar-refractivity contribution in [2.24, 2.45) is 0 Å². The predicted molar refractivity (Wildman–Crippen MR) is 240 cm³/mol. The lowest BCUT2D eigenvalue weighted by Gasteiger charge is -2.35. The summed E-state index contributed by atoms with van der Waals surface area (Å²) in [6, 6.07) is -10.5. The van der Waals surface area contributed by atoms with Crippen LogP contribution in [0.5, 0.6) is 0 Å². The second-order valence-corrected chi connectivity index (χ2v) is 22.7. The van der Waals surface area contributed by atoms with E-state index in [9.17, 15) is 89.8 Å². The van der Waals surface area contributed by atoms with Crippen LogP contribution in [-0.4, -0.2) is 260 Å². The van der Waals surface area contributed by atoms with Gasteiger partial charge in [0.25, 0.3) is 20.2 Å². The van der Waals surface area contributed by atoms with Gasteiger partial charge in [-0.05, 0) is 18.3 Å². The van der Waals surface area contributed by atoms with Gasteiger partial charge in [-0.2, -0.15) is 16.8 Å². The fourth-order valence-electron chi connectivity index (χ4n) is 10.7. The molecule has 5 aliphatic heterocycles. The Kier molecular flexibility index (Phi) is 17.4. The van der Waals surface area contributed by atoms with Crippen LogP contribution in [0.15, 0.2) is 0 Å². The van der Waals surface area contributed by atoms with Gasteiger partial charge in [-0.1, -0.05) is 25.7 Å². The Bertz CT molecular complexity index is 2260. The molecule has 1 aliphatic carbocycles. The van der Waals surface area contributed by atoms with Crippen LogP contribution in [0.25, 0.3) is 0 Å². The molecule has 12 atom stereocenters. The molecule has 5 heterocycles.